The number of aryl methyl sites for hydroxylation is 2. The van der Waals surface area contributed by atoms with E-state index in [2.05, 4.69) is 9.97 Å². The zero-order valence-corrected chi connectivity index (χ0v) is 12.8. The molecule has 0 fully saturated rings. The second kappa shape index (κ2) is 5.66. The first-order chi connectivity index (χ1) is 9.69. The molecule has 0 amide bonds. The van der Waals surface area contributed by atoms with Crippen LogP contribution in [0.15, 0.2) is 0 Å². The van der Waals surface area contributed by atoms with Crippen molar-refractivity contribution in [3.8, 4) is 0 Å². The van der Waals surface area contributed by atoms with Gasteiger partial charge < -0.3 is 4.74 Å². The van der Waals surface area contributed by atoms with Crippen molar-refractivity contribution in [1.82, 2.24) is 9.97 Å². The lowest BCUT2D eigenvalue weighted by Crippen LogP contribution is -2.10. The number of aromatic nitrogens is 2. The maximum atomic E-state index is 11.5. The van der Waals surface area contributed by atoms with Gasteiger partial charge in [-0.15, -0.1) is 11.3 Å². The van der Waals surface area contributed by atoms with E-state index in [4.69, 9.17) is 16.3 Å². The summed E-state index contributed by atoms with van der Waals surface area (Å²) in [7, 11) is 0. The van der Waals surface area contributed by atoms with Crippen molar-refractivity contribution >= 4 is 39.1 Å². The first kappa shape index (κ1) is 13.8. The number of thiophene rings is 1. The number of hydrogen-bond donors (Lipinski definition) is 0. The lowest BCUT2D eigenvalue weighted by atomic mass is 9.97. The highest BCUT2D eigenvalue weighted by Gasteiger charge is 2.21. The monoisotopic (exact) mass is 310 g/mol. The van der Waals surface area contributed by atoms with E-state index in [1.807, 2.05) is 0 Å². The first-order valence-corrected chi connectivity index (χ1v) is 8.00. The van der Waals surface area contributed by atoms with Crippen molar-refractivity contribution in [1.29, 1.82) is 0 Å². The number of esters is 1. The molecule has 6 heteroatoms. The van der Waals surface area contributed by atoms with Gasteiger partial charge in [-0.1, -0.05) is 11.6 Å². The molecule has 0 unspecified atom stereocenters. The van der Waals surface area contributed by atoms with Gasteiger partial charge in [0.25, 0.3) is 0 Å². The number of nitrogens with zero attached hydrogens (tertiary/aromatic N) is 2. The van der Waals surface area contributed by atoms with Crippen molar-refractivity contribution in [2.75, 3.05) is 6.61 Å². The number of carbonyl (C=O) groups excluding carboxylic acids is 1. The summed E-state index contributed by atoms with van der Waals surface area (Å²) in [6.45, 7) is 2.14. The van der Waals surface area contributed by atoms with Gasteiger partial charge in [-0.05, 0) is 38.2 Å². The second-order valence-electron chi connectivity index (χ2n) is 4.80. The minimum absolute atomic E-state index is 0.0755. The Bertz CT molecular complexity index is 669. The summed E-state index contributed by atoms with van der Waals surface area (Å²) in [5.74, 6) is 0.129. The Morgan fingerprint density at radius 3 is 2.95 bits per heavy atom. The number of halogens is 1. The average molecular weight is 311 g/mol. The quantitative estimate of drug-likeness (QED) is 0.644. The van der Waals surface area contributed by atoms with E-state index >= 15 is 0 Å². The van der Waals surface area contributed by atoms with E-state index in [0.29, 0.717) is 17.6 Å². The van der Waals surface area contributed by atoms with Crippen molar-refractivity contribution in [2.24, 2.45) is 0 Å². The van der Waals surface area contributed by atoms with Gasteiger partial charge in [-0.2, -0.15) is 0 Å². The van der Waals surface area contributed by atoms with Gasteiger partial charge in [-0.3, -0.25) is 4.79 Å². The van der Waals surface area contributed by atoms with Crippen molar-refractivity contribution in [3.05, 3.63) is 21.4 Å². The predicted molar refractivity (Wildman–Crippen MR) is 79.4 cm³/mol. The van der Waals surface area contributed by atoms with Gasteiger partial charge >= 0.3 is 5.97 Å². The smallest absolute Gasteiger partial charge is 0.313 e. The minimum Gasteiger partial charge on any atom is -0.466 e. The lowest BCUT2D eigenvalue weighted by Gasteiger charge is -2.10. The van der Waals surface area contributed by atoms with Crippen LogP contribution in [0.2, 0.25) is 5.15 Å². The summed E-state index contributed by atoms with van der Waals surface area (Å²) < 4.78 is 4.92. The molecule has 20 heavy (non-hydrogen) atoms. The van der Waals surface area contributed by atoms with Crippen LogP contribution < -0.4 is 0 Å². The third-order valence-corrected chi connectivity index (χ3v) is 4.88. The van der Waals surface area contributed by atoms with Gasteiger partial charge in [0.15, 0.2) is 0 Å². The molecule has 0 aromatic carbocycles. The lowest BCUT2D eigenvalue weighted by molar-refractivity contribution is -0.142. The van der Waals surface area contributed by atoms with Crippen LogP contribution in [0.1, 0.15) is 36.0 Å². The molecule has 106 valence electrons. The fraction of sp³-hybridized carbons (Fsp3) is 0.500. The van der Waals surface area contributed by atoms with Crippen molar-refractivity contribution in [3.63, 3.8) is 0 Å². The highest BCUT2D eigenvalue weighted by atomic mass is 35.5. The molecule has 1 aliphatic rings. The second-order valence-corrected chi connectivity index (χ2v) is 6.25. The zero-order chi connectivity index (χ0) is 14.1. The van der Waals surface area contributed by atoms with Gasteiger partial charge in [-0.25, -0.2) is 9.97 Å². The summed E-state index contributed by atoms with van der Waals surface area (Å²) in [5.41, 5.74) is 1.31. The molecule has 0 saturated carbocycles. The third-order valence-electron chi connectivity index (χ3n) is 3.42. The van der Waals surface area contributed by atoms with Crippen molar-refractivity contribution in [2.45, 2.75) is 39.0 Å². The molecular weight excluding hydrogens is 296 g/mol. The molecule has 1 aliphatic carbocycles. The molecule has 3 rings (SSSR count). The molecule has 0 bridgehead atoms. The zero-order valence-electron chi connectivity index (χ0n) is 11.2. The van der Waals surface area contributed by atoms with Crippen LogP contribution in [-0.4, -0.2) is 22.5 Å². The van der Waals surface area contributed by atoms with Crippen LogP contribution in [0.4, 0.5) is 0 Å². The Labute approximate surface area is 126 Å². The fourth-order valence-electron chi connectivity index (χ4n) is 2.57. The van der Waals surface area contributed by atoms with E-state index in [1.54, 1.807) is 18.3 Å². The molecule has 0 spiro atoms. The predicted octanol–water partition coefficient (Wildman–Crippen LogP) is 3.33. The van der Waals surface area contributed by atoms with E-state index < -0.39 is 0 Å². The largest absolute Gasteiger partial charge is 0.466 e. The Balaban J connectivity index is 1.99. The van der Waals surface area contributed by atoms with Gasteiger partial charge in [0.1, 0.15) is 22.2 Å². The van der Waals surface area contributed by atoms with E-state index in [1.165, 1.54) is 23.3 Å². The Hall–Kier alpha value is -1.20. The normalized spacial score (nSPS) is 14.3. The summed E-state index contributed by atoms with van der Waals surface area (Å²) in [6.07, 6.45) is 4.64. The number of rotatable bonds is 3. The van der Waals surface area contributed by atoms with Crippen LogP contribution in [0.25, 0.3) is 10.2 Å². The van der Waals surface area contributed by atoms with Crippen LogP contribution in [0.3, 0.4) is 0 Å². The molecule has 2 heterocycles. The molecule has 0 aliphatic heterocycles. The fourth-order valence-corrected chi connectivity index (χ4v) is 4.21. The van der Waals surface area contributed by atoms with Crippen LogP contribution >= 0.6 is 22.9 Å². The van der Waals surface area contributed by atoms with E-state index in [9.17, 15) is 4.79 Å². The Morgan fingerprint density at radius 2 is 2.15 bits per heavy atom. The summed E-state index contributed by atoms with van der Waals surface area (Å²) in [4.78, 5) is 22.5. The maximum Gasteiger partial charge on any atom is 0.313 e. The van der Waals surface area contributed by atoms with E-state index in [-0.39, 0.29) is 12.4 Å². The highest BCUT2D eigenvalue weighted by molar-refractivity contribution is 7.19. The molecule has 2 aromatic heterocycles. The number of hydrogen-bond acceptors (Lipinski definition) is 5. The van der Waals surface area contributed by atoms with Crippen LogP contribution in [-0.2, 0) is 28.8 Å². The topological polar surface area (TPSA) is 52.1 Å². The van der Waals surface area contributed by atoms with Gasteiger partial charge in [0.05, 0.1) is 12.0 Å². The number of fused-ring (bicyclic) bond motifs is 3. The Kier molecular flexibility index (Phi) is 3.89. The molecular formula is C14H15ClN2O2S. The summed E-state index contributed by atoms with van der Waals surface area (Å²) in [6, 6.07) is 0. The third kappa shape index (κ3) is 2.52. The van der Waals surface area contributed by atoms with Crippen LogP contribution in [0, 0.1) is 0 Å². The molecule has 4 nitrogen and oxygen atoms in total. The molecule has 0 atom stereocenters. The van der Waals surface area contributed by atoms with Gasteiger partial charge in [0.2, 0.25) is 0 Å². The van der Waals surface area contributed by atoms with Crippen molar-refractivity contribution < 1.29 is 9.53 Å². The standard InChI is InChI=1S/C14H15ClN2O2S/c1-2-19-11(18)7-10-16-13(15)12-8-5-3-4-6-9(8)20-14(12)17-10/h2-7H2,1H3. The Morgan fingerprint density at radius 1 is 1.35 bits per heavy atom. The first-order valence-electron chi connectivity index (χ1n) is 6.81. The summed E-state index contributed by atoms with van der Waals surface area (Å²) >= 11 is 7.99. The maximum absolute atomic E-state index is 11.5. The number of ether oxygens (including phenoxy) is 1. The molecule has 0 saturated heterocycles. The molecule has 0 N–H and O–H groups in total. The van der Waals surface area contributed by atoms with E-state index in [0.717, 1.165) is 23.1 Å². The average Bonchev–Trinajstić information content (AvgIpc) is 2.77. The number of carbonyl (C=O) groups is 1. The minimum atomic E-state index is -0.316. The SMILES string of the molecule is CCOC(=O)Cc1nc(Cl)c2c3c(sc2n1)CCCC3. The highest BCUT2D eigenvalue weighted by Crippen LogP contribution is 2.38. The van der Waals surface area contributed by atoms with Crippen LogP contribution in [0.5, 0.6) is 0 Å². The molecule has 0 radical (unpaired) electrons. The summed E-state index contributed by atoms with van der Waals surface area (Å²) in [5, 5.41) is 1.45. The molecule has 2 aromatic rings. The van der Waals surface area contributed by atoms with Gasteiger partial charge in [0, 0.05) is 4.88 Å².